The van der Waals surface area contributed by atoms with E-state index in [2.05, 4.69) is 41.5 Å². The fraction of sp³-hybridized carbons (Fsp3) is 1.00. The van der Waals surface area contributed by atoms with Crippen molar-refractivity contribution in [2.75, 3.05) is 0 Å². The fourth-order valence-electron chi connectivity index (χ4n) is 6.87. The molecule has 0 bridgehead atoms. The first-order chi connectivity index (χ1) is 9.07. The molecule has 1 saturated heterocycles. The van der Waals surface area contributed by atoms with Crippen LogP contribution in [0, 0.1) is 22.2 Å². The molecule has 0 aromatic rings. The van der Waals surface area contributed by atoms with Crippen LogP contribution in [0.1, 0.15) is 73.6 Å². The van der Waals surface area contributed by atoms with Crippen molar-refractivity contribution in [2.45, 2.75) is 91.1 Å². The quantitative estimate of drug-likeness (QED) is 0.648. The summed E-state index contributed by atoms with van der Waals surface area (Å²) in [5, 5.41) is 0. The van der Waals surface area contributed by atoms with E-state index in [9.17, 15) is 0 Å². The Hall–Kier alpha value is -0.0800. The number of hydrogen-bond donors (Lipinski definition) is 0. The van der Waals surface area contributed by atoms with E-state index in [1.54, 1.807) is 0 Å². The Balaban J connectivity index is 1.80. The van der Waals surface area contributed by atoms with Crippen LogP contribution in [-0.2, 0) is 9.47 Å². The van der Waals surface area contributed by atoms with Gasteiger partial charge in [-0.05, 0) is 68.6 Å². The van der Waals surface area contributed by atoms with Crippen LogP contribution in [0.4, 0.5) is 0 Å². The minimum atomic E-state index is -0.406. The smallest absolute Gasteiger partial charge is 0.164 e. The summed E-state index contributed by atoms with van der Waals surface area (Å²) in [4.78, 5) is 0. The lowest BCUT2D eigenvalue weighted by molar-refractivity contribution is -0.168. The summed E-state index contributed by atoms with van der Waals surface area (Å²) in [5.74, 6) is 0.285. The Morgan fingerprint density at radius 3 is 2.30 bits per heavy atom. The SMILES string of the molecule is CC1(C)OC2C[C@]3(C)CCCC(C)(C)[C@@]34C[C@H]4C2(C)O1. The molecule has 4 rings (SSSR count). The average molecular weight is 278 g/mol. The largest absolute Gasteiger partial charge is 0.344 e. The van der Waals surface area contributed by atoms with Gasteiger partial charge in [0.2, 0.25) is 0 Å². The van der Waals surface area contributed by atoms with Gasteiger partial charge < -0.3 is 9.47 Å². The standard InChI is InChI=1S/C18H30O2/c1-14(2)8-7-9-16(5)11-13-17(6,12-10-18(12,14)16)20-15(3,4)19-13/h12-13H,7-11H2,1-6H3/t12-,13?,16-,17?,18-/m0/s1. The normalized spacial score (nSPS) is 58.5. The molecule has 0 radical (unpaired) electrons. The predicted molar refractivity (Wildman–Crippen MR) is 79.3 cm³/mol. The maximum atomic E-state index is 6.45. The lowest BCUT2D eigenvalue weighted by Crippen LogP contribution is -2.57. The van der Waals surface area contributed by atoms with Gasteiger partial charge in [-0.1, -0.05) is 27.2 Å². The van der Waals surface area contributed by atoms with Gasteiger partial charge >= 0.3 is 0 Å². The van der Waals surface area contributed by atoms with E-state index in [4.69, 9.17) is 9.47 Å². The van der Waals surface area contributed by atoms with Crippen LogP contribution in [-0.4, -0.2) is 17.5 Å². The molecule has 2 nitrogen and oxygen atoms in total. The first kappa shape index (κ1) is 13.6. The van der Waals surface area contributed by atoms with Crippen LogP contribution >= 0.6 is 0 Å². The van der Waals surface area contributed by atoms with Gasteiger partial charge in [-0.3, -0.25) is 0 Å². The molecule has 0 amide bonds. The third-order valence-electron chi connectivity index (χ3n) is 7.63. The summed E-state index contributed by atoms with van der Waals surface area (Å²) in [6, 6.07) is 0. The number of ether oxygens (including phenoxy) is 2. The van der Waals surface area contributed by atoms with E-state index in [0.29, 0.717) is 22.2 Å². The molecule has 1 aliphatic heterocycles. The van der Waals surface area contributed by atoms with Crippen LogP contribution in [0.3, 0.4) is 0 Å². The summed E-state index contributed by atoms with van der Waals surface area (Å²) in [7, 11) is 0. The minimum Gasteiger partial charge on any atom is -0.344 e. The van der Waals surface area contributed by atoms with Gasteiger partial charge in [0, 0.05) is 0 Å². The predicted octanol–water partition coefficient (Wildman–Crippen LogP) is 4.52. The Labute approximate surface area is 123 Å². The fourth-order valence-corrected chi connectivity index (χ4v) is 6.87. The maximum Gasteiger partial charge on any atom is 0.164 e. The van der Waals surface area contributed by atoms with E-state index in [-0.39, 0.29) is 11.7 Å². The molecule has 3 saturated carbocycles. The van der Waals surface area contributed by atoms with Crippen LogP contribution < -0.4 is 0 Å². The molecule has 2 heteroatoms. The lowest BCUT2D eigenvalue weighted by atomic mass is 9.47. The van der Waals surface area contributed by atoms with Crippen molar-refractivity contribution in [3.8, 4) is 0 Å². The van der Waals surface area contributed by atoms with E-state index >= 15 is 0 Å². The summed E-state index contributed by atoms with van der Waals surface area (Å²) < 4.78 is 12.8. The molecule has 114 valence electrons. The Bertz CT molecular complexity index is 468. The second kappa shape index (κ2) is 3.30. The van der Waals surface area contributed by atoms with Gasteiger partial charge in [-0.25, -0.2) is 0 Å². The summed E-state index contributed by atoms with van der Waals surface area (Å²) >= 11 is 0. The molecule has 4 fully saturated rings. The molecule has 20 heavy (non-hydrogen) atoms. The lowest BCUT2D eigenvalue weighted by Gasteiger charge is -2.58. The van der Waals surface area contributed by atoms with Gasteiger partial charge in [-0.15, -0.1) is 0 Å². The van der Waals surface area contributed by atoms with E-state index < -0.39 is 5.79 Å². The van der Waals surface area contributed by atoms with Gasteiger partial charge in [0.25, 0.3) is 0 Å². The zero-order valence-corrected chi connectivity index (χ0v) is 14.0. The monoisotopic (exact) mass is 278 g/mol. The van der Waals surface area contributed by atoms with Crippen molar-refractivity contribution in [1.29, 1.82) is 0 Å². The van der Waals surface area contributed by atoms with Crippen LogP contribution in [0.25, 0.3) is 0 Å². The number of hydrogen-bond acceptors (Lipinski definition) is 2. The second-order valence-corrected chi connectivity index (χ2v) is 9.52. The Morgan fingerprint density at radius 2 is 1.60 bits per heavy atom. The topological polar surface area (TPSA) is 18.5 Å². The van der Waals surface area contributed by atoms with Crippen molar-refractivity contribution in [1.82, 2.24) is 0 Å². The van der Waals surface area contributed by atoms with Crippen molar-refractivity contribution >= 4 is 0 Å². The maximum absolute atomic E-state index is 6.45. The van der Waals surface area contributed by atoms with Crippen LogP contribution in [0.5, 0.6) is 0 Å². The van der Waals surface area contributed by atoms with Crippen molar-refractivity contribution < 1.29 is 9.47 Å². The van der Waals surface area contributed by atoms with Crippen LogP contribution in [0.2, 0.25) is 0 Å². The van der Waals surface area contributed by atoms with Crippen molar-refractivity contribution in [3.63, 3.8) is 0 Å². The van der Waals surface area contributed by atoms with Crippen molar-refractivity contribution in [2.24, 2.45) is 22.2 Å². The minimum absolute atomic E-state index is 0.0579. The van der Waals surface area contributed by atoms with Gasteiger partial charge in [0.15, 0.2) is 5.79 Å². The number of fused-ring (bicyclic) bond motifs is 2. The zero-order chi connectivity index (χ0) is 14.6. The molecule has 0 aromatic carbocycles. The molecule has 0 N–H and O–H groups in total. The van der Waals surface area contributed by atoms with E-state index in [1.807, 2.05) is 0 Å². The third-order valence-corrected chi connectivity index (χ3v) is 7.63. The summed E-state index contributed by atoms with van der Waals surface area (Å²) in [6.45, 7) is 14.1. The molecule has 1 heterocycles. The molecule has 4 aliphatic rings. The van der Waals surface area contributed by atoms with E-state index in [1.165, 1.54) is 32.1 Å². The van der Waals surface area contributed by atoms with Gasteiger partial charge in [-0.2, -0.15) is 0 Å². The van der Waals surface area contributed by atoms with E-state index in [0.717, 1.165) is 0 Å². The highest BCUT2D eigenvalue weighted by atomic mass is 16.8. The molecule has 2 unspecified atom stereocenters. The second-order valence-electron chi connectivity index (χ2n) is 9.52. The third kappa shape index (κ3) is 1.30. The highest BCUT2D eigenvalue weighted by molar-refractivity contribution is 5.29. The molecule has 0 aromatic heterocycles. The molecular formula is C18H30O2. The van der Waals surface area contributed by atoms with Gasteiger partial charge in [0.05, 0.1) is 11.7 Å². The summed E-state index contributed by atoms with van der Waals surface area (Å²) in [5.41, 5.74) is 1.34. The average Bonchev–Trinajstić information content (AvgIpc) is 2.97. The molecule has 5 atom stereocenters. The Morgan fingerprint density at radius 1 is 0.900 bits per heavy atom. The molecule has 3 aliphatic carbocycles. The zero-order valence-electron chi connectivity index (χ0n) is 14.0. The van der Waals surface area contributed by atoms with Gasteiger partial charge in [0.1, 0.15) is 0 Å². The molecular weight excluding hydrogens is 248 g/mol. The highest BCUT2D eigenvalue weighted by Gasteiger charge is 2.81. The first-order valence-corrected chi connectivity index (χ1v) is 8.44. The Kier molecular flexibility index (Phi) is 2.24. The number of rotatable bonds is 0. The highest BCUT2D eigenvalue weighted by Crippen LogP contribution is 2.83. The van der Waals surface area contributed by atoms with Crippen LogP contribution in [0.15, 0.2) is 0 Å². The van der Waals surface area contributed by atoms with Crippen molar-refractivity contribution in [3.05, 3.63) is 0 Å². The molecule has 1 spiro atoms. The summed E-state index contributed by atoms with van der Waals surface area (Å²) in [6.07, 6.45) is 6.96. The first-order valence-electron chi connectivity index (χ1n) is 8.44.